The van der Waals surface area contributed by atoms with Crippen LogP contribution >= 0.6 is 11.8 Å². The van der Waals surface area contributed by atoms with E-state index in [0.717, 1.165) is 11.8 Å². The van der Waals surface area contributed by atoms with Gasteiger partial charge < -0.3 is 0 Å². The van der Waals surface area contributed by atoms with E-state index in [2.05, 4.69) is 53.7 Å². The summed E-state index contributed by atoms with van der Waals surface area (Å²) in [4.78, 5) is 3.14. The highest BCUT2D eigenvalue weighted by molar-refractivity contribution is 8.06. The van der Waals surface area contributed by atoms with Gasteiger partial charge in [0.05, 0.1) is 0 Å². The molecule has 2 atom stereocenters. The van der Waals surface area contributed by atoms with E-state index >= 15 is 0 Å². The first-order chi connectivity index (χ1) is 9.14. The van der Waals surface area contributed by atoms with Gasteiger partial charge in [-0.3, -0.25) is 0 Å². The van der Waals surface area contributed by atoms with Crippen LogP contribution in [0.15, 0.2) is 22.0 Å². The molecule has 112 valence electrons. The van der Waals surface area contributed by atoms with Crippen molar-refractivity contribution < 1.29 is 0 Å². The molecule has 1 saturated carbocycles. The fraction of sp³-hybridized carbons (Fsp3) is 0.778. The molecule has 2 unspecified atom stereocenters. The summed E-state index contributed by atoms with van der Waals surface area (Å²) in [6.45, 7) is 13.0. The average molecular weight is 283 g/mol. The van der Waals surface area contributed by atoms with E-state index in [1.807, 2.05) is 11.8 Å². The third-order valence-corrected chi connectivity index (χ3v) is 4.37. The molecule has 2 aliphatic carbocycles. The number of hydrogen-bond acceptors (Lipinski definition) is 1. The maximum Gasteiger partial charge on any atom is -0.00672 e. The minimum atomic E-state index is 0.968. The molecule has 0 aromatic heterocycles. The van der Waals surface area contributed by atoms with Crippen molar-refractivity contribution in [2.75, 3.05) is 0 Å². The minimum absolute atomic E-state index is 0.968. The van der Waals surface area contributed by atoms with E-state index in [1.165, 1.54) is 43.4 Å². The van der Waals surface area contributed by atoms with E-state index in [-0.39, 0.29) is 0 Å². The van der Waals surface area contributed by atoms with Crippen LogP contribution in [0.1, 0.15) is 80.1 Å². The van der Waals surface area contributed by atoms with Gasteiger partial charge in [0.15, 0.2) is 0 Å². The fourth-order valence-corrected chi connectivity index (χ4v) is 3.15. The topological polar surface area (TPSA) is 0 Å². The van der Waals surface area contributed by atoms with Gasteiger partial charge in [-0.25, -0.2) is 0 Å². The SMILES string of the molecule is CC/C=C(\C)SC1=CCC2CC12.CCC.CCCC. The molecular formula is C18H34S. The van der Waals surface area contributed by atoms with E-state index in [1.54, 1.807) is 4.91 Å². The summed E-state index contributed by atoms with van der Waals surface area (Å²) in [7, 11) is 0. The molecule has 0 heterocycles. The van der Waals surface area contributed by atoms with Gasteiger partial charge in [0.2, 0.25) is 0 Å². The number of allylic oxidation sites excluding steroid dienone is 4. The summed E-state index contributed by atoms with van der Waals surface area (Å²) in [5.41, 5.74) is 0. The maximum atomic E-state index is 2.44. The molecule has 0 spiro atoms. The van der Waals surface area contributed by atoms with Crippen LogP contribution in [0.5, 0.6) is 0 Å². The van der Waals surface area contributed by atoms with Crippen LogP contribution in [0, 0.1) is 11.8 Å². The number of rotatable bonds is 4. The lowest BCUT2D eigenvalue weighted by Gasteiger charge is -2.02. The van der Waals surface area contributed by atoms with Crippen molar-refractivity contribution in [3.05, 3.63) is 22.0 Å². The van der Waals surface area contributed by atoms with Crippen LogP contribution < -0.4 is 0 Å². The molecule has 0 aliphatic heterocycles. The lowest BCUT2D eigenvalue weighted by Crippen LogP contribution is -1.76. The van der Waals surface area contributed by atoms with Crippen LogP contribution in [-0.4, -0.2) is 0 Å². The molecule has 0 nitrogen and oxygen atoms in total. The molecule has 19 heavy (non-hydrogen) atoms. The van der Waals surface area contributed by atoms with Crippen LogP contribution in [0.25, 0.3) is 0 Å². The first kappa shape index (κ1) is 18.8. The predicted octanol–water partition coefficient (Wildman–Crippen LogP) is 7.18. The maximum absolute atomic E-state index is 2.44. The Morgan fingerprint density at radius 1 is 1.21 bits per heavy atom. The molecule has 0 aromatic carbocycles. The smallest absolute Gasteiger partial charge is 0.00672 e. The van der Waals surface area contributed by atoms with Crippen molar-refractivity contribution in [3.8, 4) is 0 Å². The van der Waals surface area contributed by atoms with Crippen LogP contribution in [0.2, 0.25) is 0 Å². The third kappa shape index (κ3) is 8.57. The second kappa shape index (κ2) is 11.6. The zero-order valence-corrected chi connectivity index (χ0v) is 14.8. The standard InChI is InChI=1S/C11H16S.C4H10.C3H8/c1-3-4-8(2)12-11-6-5-9-7-10(9)11;1-3-4-2;1-3-2/h4,6,9-10H,3,5,7H2,1-2H3;3-4H2,1-2H3;3H2,1-2H3/b8-4+;;. The molecule has 1 heteroatoms. The second-order valence-corrected chi connectivity index (χ2v) is 6.80. The zero-order valence-electron chi connectivity index (χ0n) is 14.0. The minimum Gasteiger partial charge on any atom is -0.0997 e. The number of thioether (sulfide) groups is 1. The Balaban J connectivity index is 0.000000393. The molecule has 0 bridgehead atoms. The van der Waals surface area contributed by atoms with E-state index in [9.17, 15) is 0 Å². The monoisotopic (exact) mass is 282 g/mol. The predicted molar refractivity (Wildman–Crippen MR) is 92.5 cm³/mol. The Morgan fingerprint density at radius 3 is 2.11 bits per heavy atom. The molecule has 0 radical (unpaired) electrons. The molecule has 0 aromatic rings. The highest BCUT2D eigenvalue weighted by Crippen LogP contribution is 2.56. The summed E-state index contributed by atoms with van der Waals surface area (Å²) in [6, 6.07) is 0. The summed E-state index contributed by atoms with van der Waals surface area (Å²) in [6.07, 6.45) is 12.6. The summed E-state index contributed by atoms with van der Waals surface area (Å²) >= 11 is 2.00. The van der Waals surface area contributed by atoms with Gasteiger partial charge in [-0.1, -0.05) is 77.8 Å². The summed E-state index contributed by atoms with van der Waals surface area (Å²) in [5, 5.41) is 0. The van der Waals surface area contributed by atoms with Crippen molar-refractivity contribution in [3.63, 3.8) is 0 Å². The van der Waals surface area contributed by atoms with Crippen LogP contribution in [-0.2, 0) is 0 Å². The van der Waals surface area contributed by atoms with Gasteiger partial charge in [-0.15, -0.1) is 0 Å². The number of fused-ring (bicyclic) bond motifs is 1. The third-order valence-electron chi connectivity index (χ3n) is 3.18. The van der Waals surface area contributed by atoms with Gasteiger partial charge in [0, 0.05) is 0 Å². The lowest BCUT2D eigenvalue weighted by atomic mass is 10.3. The van der Waals surface area contributed by atoms with Gasteiger partial charge in [-0.05, 0) is 47.8 Å². The van der Waals surface area contributed by atoms with Crippen molar-refractivity contribution in [2.24, 2.45) is 11.8 Å². The second-order valence-electron chi connectivity index (χ2n) is 5.48. The van der Waals surface area contributed by atoms with Crippen LogP contribution in [0.4, 0.5) is 0 Å². The quantitative estimate of drug-likeness (QED) is 0.526. The first-order valence-corrected chi connectivity index (χ1v) is 9.00. The van der Waals surface area contributed by atoms with Crippen molar-refractivity contribution >= 4 is 11.8 Å². The van der Waals surface area contributed by atoms with Gasteiger partial charge >= 0.3 is 0 Å². The van der Waals surface area contributed by atoms with Crippen molar-refractivity contribution in [1.82, 2.24) is 0 Å². The van der Waals surface area contributed by atoms with E-state index < -0.39 is 0 Å². The number of unbranched alkanes of at least 4 members (excludes halogenated alkanes) is 1. The summed E-state index contributed by atoms with van der Waals surface area (Å²) < 4.78 is 0. The molecule has 0 saturated heterocycles. The Hall–Kier alpha value is -0.170. The van der Waals surface area contributed by atoms with Gasteiger partial charge in [0.1, 0.15) is 0 Å². The van der Waals surface area contributed by atoms with Crippen LogP contribution in [0.3, 0.4) is 0 Å². The summed E-state index contributed by atoms with van der Waals surface area (Å²) in [5.74, 6) is 2.01. The molecule has 0 amide bonds. The Bertz CT molecular complexity index is 273. The van der Waals surface area contributed by atoms with Gasteiger partial charge in [0.25, 0.3) is 0 Å². The largest absolute Gasteiger partial charge is 0.0997 e. The highest BCUT2D eigenvalue weighted by Gasteiger charge is 2.43. The van der Waals surface area contributed by atoms with Crippen molar-refractivity contribution in [2.45, 2.75) is 80.1 Å². The molecule has 0 N–H and O–H groups in total. The fourth-order valence-electron chi connectivity index (χ4n) is 1.91. The highest BCUT2D eigenvalue weighted by atomic mass is 32.2. The normalized spacial score (nSPS) is 23.5. The lowest BCUT2D eigenvalue weighted by molar-refractivity contribution is 0.853. The molecule has 2 rings (SSSR count). The number of hydrogen-bond donors (Lipinski definition) is 0. The molecule has 1 fully saturated rings. The first-order valence-electron chi connectivity index (χ1n) is 8.18. The van der Waals surface area contributed by atoms with E-state index in [4.69, 9.17) is 0 Å². The van der Waals surface area contributed by atoms with Crippen molar-refractivity contribution in [1.29, 1.82) is 0 Å². The average Bonchev–Trinajstić information content (AvgIpc) is 3.07. The zero-order chi connectivity index (χ0) is 14.7. The van der Waals surface area contributed by atoms with E-state index in [0.29, 0.717) is 0 Å². The Labute approximate surface area is 126 Å². The van der Waals surface area contributed by atoms with Gasteiger partial charge in [-0.2, -0.15) is 0 Å². The Kier molecular flexibility index (Phi) is 11.5. The molecule has 2 aliphatic rings. The molecular weight excluding hydrogens is 248 g/mol. The Morgan fingerprint density at radius 2 is 1.79 bits per heavy atom.